The summed E-state index contributed by atoms with van der Waals surface area (Å²) in [7, 11) is 0. The maximum atomic E-state index is 11.5. The zero-order chi connectivity index (χ0) is 8.48. The first-order valence-corrected chi connectivity index (χ1v) is 4.30. The number of hydrogen-bond acceptors (Lipinski definition) is 2. The third-order valence-corrected chi connectivity index (χ3v) is 2.10. The van der Waals surface area contributed by atoms with E-state index in [1.165, 1.54) is 0 Å². The Morgan fingerprint density at radius 1 is 1.55 bits per heavy atom. The minimum Gasteiger partial charge on any atom is -0.367 e. The standard InChI is InChI=1S/C9H16O2/c1-4-11-9(5-6-9)8(10)7(2)3/h7H,4-6H2,1-3H3. The Bertz CT molecular complexity index is 157. The molecule has 1 fully saturated rings. The molecule has 0 aromatic heterocycles. The average molecular weight is 156 g/mol. The smallest absolute Gasteiger partial charge is 0.167 e. The van der Waals surface area contributed by atoms with E-state index in [4.69, 9.17) is 4.74 Å². The van der Waals surface area contributed by atoms with Crippen LogP contribution in [0.3, 0.4) is 0 Å². The van der Waals surface area contributed by atoms with Gasteiger partial charge in [0.2, 0.25) is 0 Å². The monoisotopic (exact) mass is 156 g/mol. The molecule has 1 rings (SSSR count). The van der Waals surface area contributed by atoms with Crippen LogP contribution >= 0.6 is 0 Å². The summed E-state index contributed by atoms with van der Waals surface area (Å²) in [5, 5.41) is 0. The van der Waals surface area contributed by atoms with Gasteiger partial charge in [0.15, 0.2) is 5.78 Å². The summed E-state index contributed by atoms with van der Waals surface area (Å²) >= 11 is 0. The lowest BCUT2D eigenvalue weighted by molar-refractivity contribution is -0.136. The first-order valence-electron chi connectivity index (χ1n) is 4.30. The molecule has 0 aliphatic heterocycles. The van der Waals surface area contributed by atoms with Gasteiger partial charge in [0.25, 0.3) is 0 Å². The summed E-state index contributed by atoms with van der Waals surface area (Å²) in [4.78, 5) is 11.5. The number of ketones is 1. The topological polar surface area (TPSA) is 26.3 Å². The average Bonchev–Trinajstić information content (AvgIpc) is 2.69. The second-order valence-corrected chi connectivity index (χ2v) is 3.45. The Hall–Kier alpha value is -0.370. The molecular formula is C9H16O2. The van der Waals surface area contributed by atoms with E-state index in [1.807, 2.05) is 20.8 Å². The summed E-state index contributed by atoms with van der Waals surface area (Å²) < 4.78 is 5.41. The van der Waals surface area contributed by atoms with E-state index in [0.29, 0.717) is 6.61 Å². The Balaban J connectivity index is 2.51. The van der Waals surface area contributed by atoms with Crippen LogP contribution in [-0.4, -0.2) is 18.0 Å². The van der Waals surface area contributed by atoms with Gasteiger partial charge in [0, 0.05) is 12.5 Å². The van der Waals surface area contributed by atoms with Crippen molar-refractivity contribution >= 4 is 5.78 Å². The van der Waals surface area contributed by atoms with Crippen molar-refractivity contribution in [3.63, 3.8) is 0 Å². The third-order valence-electron chi connectivity index (χ3n) is 2.10. The largest absolute Gasteiger partial charge is 0.367 e. The molecule has 0 amide bonds. The van der Waals surface area contributed by atoms with Gasteiger partial charge in [-0.3, -0.25) is 4.79 Å². The minimum absolute atomic E-state index is 0.115. The predicted octanol–water partition coefficient (Wildman–Crippen LogP) is 1.78. The van der Waals surface area contributed by atoms with E-state index in [2.05, 4.69) is 0 Å². The van der Waals surface area contributed by atoms with Crippen LogP contribution in [0.1, 0.15) is 33.6 Å². The molecule has 0 aromatic carbocycles. The van der Waals surface area contributed by atoms with Crippen molar-refractivity contribution in [1.82, 2.24) is 0 Å². The molecule has 64 valence electrons. The van der Waals surface area contributed by atoms with Gasteiger partial charge in [-0.2, -0.15) is 0 Å². The third kappa shape index (κ3) is 1.62. The molecule has 0 radical (unpaired) electrons. The van der Waals surface area contributed by atoms with E-state index in [0.717, 1.165) is 12.8 Å². The number of Topliss-reactive ketones (excluding diaryl/α,β-unsaturated/α-hetero) is 1. The van der Waals surface area contributed by atoms with Crippen molar-refractivity contribution in [2.75, 3.05) is 6.61 Å². The molecule has 0 bridgehead atoms. The molecule has 1 aliphatic carbocycles. The molecule has 0 spiro atoms. The zero-order valence-electron chi connectivity index (χ0n) is 7.52. The Morgan fingerprint density at radius 3 is 2.36 bits per heavy atom. The van der Waals surface area contributed by atoms with Crippen molar-refractivity contribution in [2.45, 2.75) is 39.2 Å². The molecular weight excluding hydrogens is 140 g/mol. The predicted molar refractivity (Wildman–Crippen MR) is 43.4 cm³/mol. The van der Waals surface area contributed by atoms with Crippen molar-refractivity contribution in [3.05, 3.63) is 0 Å². The molecule has 0 heterocycles. The molecule has 0 N–H and O–H groups in total. The Morgan fingerprint density at radius 2 is 2.09 bits per heavy atom. The van der Waals surface area contributed by atoms with Gasteiger partial charge in [-0.05, 0) is 19.8 Å². The number of hydrogen-bond donors (Lipinski definition) is 0. The van der Waals surface area contributed by atoms with Crippen LogP contribution in [0.4, 0.5) is 0 Å². The SMILES string of the molecule is CCOC1(C(=O)C(C)C)CC1. The van der Waals surface area contributed by atoms with Gasteiger partial charge >= 0.3 is 0 Å². The van der Waals surface area contributed by atoms with Crippen LogP contribution in [0.25, 0.3) is 0 Å². The summed E-state index contributed by atoms with van der Waals surface area (Å²) in [6.07, 6.45) is 1.86. The molecule has 2 heteroatoms. The molecule has 0 atom stereocenters. The number of carbonyl (C=O) groups excluding carboxylic acids is 1. The second-order valence-electron chi connectivity index (χ2n) is 3.45. The van der Waals surface area contributed by atoms with E-state index >= 15 is 0 Å². The van der Waals surface area contributed by atoms with Crippen molar-refractivity contribution in [2.24, 2.45) is 5.92 Å². The quantitative estimate of drug-likeness (QED) is 0.620. The first-order chi connectivity index (χ1) is 5.12. The van der Waals surface area contributed by atoms with Crippen LogP contribution < -0.4 is 0 Å². The summed E-state index contributed by atoms with van der Waals surface area (Å²) in [6.45, 7) is 6.45. The van der Waals surface area contributed by atoms with E-state index in [-0.39, 0.29) is 17.3 Å². The summed E-state index contributed by atoms with van der Waals surface area (Å²) in [5.74, 6) is 0.392. The van der Waals surface area contributed by atoms with Gasteiger partial charge in [-0.1, -0.05) is 13.8 Å². The van der Waals surface area contributed by atoms with Crippen molar-refractivity contribution in [1.29, 1.82) is 0 Å². The van der Waals surface area contributed by atoms with Crippen LogP contribution in [0.5, 0.6) is 0 Å². The highest BCUT2D eigenvalue weighted by atomic mass is 16.5. The minimum atomic E-state index is -0.358. The highest BCUT2D eigenvalue weighted by Gasteiger charge is 2.51. The van der Waals surface area contributed by atoms with Gasteiger partial charge < -0.3 is 4.74 Å². The first kappa shape index (κ1) is 8.72. The van der Waals surface area contributed by atoms with Crippen LogP contribution in [0.2, 0.25) is 0 Å². The fraction of sp³-hybridized carbons (Fsp3) is 0.889. The van der Waals surface area contributed by atoms with Gasteiger partial charge in [-0.25, -0.2) is 0 Å². The summed E-state index contributed by atoms with van der Waals surface area (Å²) in [6, 6.07) is 0. The van der Waals surface area contributed by atoms with E-state index in [9.17, 15) is 4.79 Å². The van der Waals surface area contributed by atoms with Crippen molar-refractivity contribution < 1.29 is 9.53 Å². The fourth-order valence-electron chi connectivity index (χ4n) is 1.38. The lowest BCUT2D eigenvalue weighted by Crippen LogP contribution is -2.30. The van der Waals surface area contributed by atoms with Gasteiger partial charge in [0.1, 0.15) is 5.60 Å². The number of rotatable bonds is 4. The van der Waals surface area contributed by atoms with Gasteiger partial charge in [-0.15, -0.1) is 0 Å². The highest BCUT2D eigenvalue weighted by molar-refractivity contribution is 5.91. The zero-order valence-corrected chi connectivity index (χ0v) is 7.52. The Kier molecular flexibility index (Phi) is 2.33. The maximum Gasteiger partial charge on any atom is 0.167 e. The maximum absolute atomic E-state index is 11.5. The normalized spacial score (nSPS) is 20.4. The van der Waals surface area contributed by atoms with Crippen LogP contribution in [0, 0.1) is 5.92 Å². The van der Waals surface area contributed by atoms with E-state index in [1.54, 1.807) is 0 Å². The van der Waals surface area contributed by atoms with Gasteiger partial charge in [0.05, 0.1) is 0 Å². The molecule has 1 saturated carbocycles. The van der Waals surface area contributed by atoms with E-state index < -0.39 is 0 Å². The fourth-order valence-corrected chi connectivity index (χ4v) is 1.38. The van der Waals surface area contributed by atoms with Crippen LogP contribution in [-0.2, 0) is 9.53 Å². The molecule has 0 unspecified atom stereocenters. The van der Waals surface area contributed by atoms with Crippen LogP contribution in [0.15, 0.2) is 0 Å². The summed E-state index contributed by atoms with van der Waals surface area (Å²) in [5.41, 5.74) is -0.358. The van der Waals surface area contributed by atoms with Crippen molar-refractivity contribution in [3.8, 4) is 0 Å². The number of carbonyl (C=O) groups is 1. The molecule has 0 aromatic rings. The lowest BCUT2D eigenvalue weighted by atomic mass is 10.0. The number of ether oxygens (including phenoxy) is 1. The molecule has 1 aliphatic rings. The molecule has 2 nitrogen and oxygen atoms in total. The molecule has 0 saturated heterocycles. The second kappa shape index (κ2) is 2.94. The highest BCUT2D eigenvalue weighted by Crippen LogP contribution is 2.42. The Labute approximate surface area is 67.9 Å². The lowest BCUT2D eigenvalue weighted by Gasteiger charge is -2.15. The molecule has 11 heavy (non-hydrogen) atoms.